The van der Waals surface area contributed by atoms with Crippen molar-refractivity contribution in [3.63, 3.8) is 0 Å². The van der Waals surface area contributed by atoms with Crippen molar-refractivity contribution in [1.82, 2.24) is 0 Å². The van der Waals surface area contributed by atoms with Gasteiger partial charge in [0, 0.05) is 0 Å². The zero-order valence-electron chi connectivity index (χ0n) is 8.04. The molecule has 3 atom stereocenters. The first-order chi connectivity index (χ1) is 7.06. The Balaban J connectivity index is 2.60. The highest BCUT2D eigenvalue weighted by Crippen LogP contribution is 2.21. The van der Waals surface area contributed by atoms with E-state index in [9.17, 15) is 9.90 Å². The number of aliphatic hydroxyl groups excluding tert-OH is 3. The van der Waals surface area contributed by atoms with Crippen molar-refractivity contribution in [3.05, 3.63) is 11.8 Å². The van der Waals surface area contributed by atoms with Gasteiger partial charge in [0.05, 0.1) is 6.61 Å². The van der Waals surface area contributed by atoms with E-state index in [2.05, 4.69) is 0 Å². The molecular weight excluding hydrogens is 204 g/mol. The lowest BCUT2D eigenvalue weighted by molar-refractivity contribution is -0.143. The number of allylic oxidation sites excluding steroid dienone is 1. The van der Waals surface area contributed by atoms with Crippen LogP contribution in [0, 0.1) is 0 Å². The lowest BCUT2D eigenvalue weighted by Crippen LogP contribution is -2.42. The Bertz CT molecular complexity index is 261. The van der Waals surface area contributed by atoms with Crippen LogP contribution in [-0.2, 0) is 9.53 Å². The summed E-state index contributed by atoms with van der Waals surface area (Å²) in [7, 11) is 0. The van der Waals surface area contributed by atoms with Crippen molar-refractivity contribution >= 4 is 5.97 Å². The number of rotatable bonds is 4. The van der Waals surface area contributed by atoms with E-state index in [4.69, 9.17) is 20.1 Å². The van der Waals surface area contributed by atoms with E-state index in [0.717, 1.165) is 0 Å². The second-order valence-corrected chi connectivity index (χ2v) is 3.35. The van der Waals surface area contributed by atoms with Crippen molar-refractivity contribution in [1.29, 1.82) is 0 Å². The third-order valence-electron chi connectivity index (χ3n) is 2.23. The molecule has 0 fully saturated rings. The predicted molar refractivity (Wildman–Crippen MR) is 48.9 cm³/mol. The summed E-state index contributed by atoms with van der Waals surface area (Å²) in [5.41, 5.74) is 0. The molecule has 0 spiro atoms. The second kappa shape index (κ2) is 5.11. The zero-order valence-corrected chi connectivity index (χ0v) is 8.04. The summed E-state index contributed by atoms with van der Waals surface area (Å²) in [6, 6.07) is 0. The maximum absolute atomic E-state index is 10.6. The molecule has 0 amide bonds. The predicted octanol–water partition coefficient (Wildman–Crippen LogP) is -1.15. The Morgan fingerprint density at radius 3 is 2.80 bits per heavy atom. The fourth-order valence-electron chi connectivity index (χ4n) is 1.38. The molecule has 15 heavy (non-hydrogen) atoms. The fourth-order valence-corrected chi connectivity index (χ4v) is 1.38. The number of carboxylic acids is 1. The summed E-state index contributed by atoms with van der Waals surface area (Å²) >= 11 is 0. The smallest absolute Gasteiger partial charge is 0.370 e. The average molecular weight is 218 g/mol. The van der Waals surface area contributed by atoms with E-state index in [1.807, 2.05) is 0 Å². The van der Waals surface area contributed by atoms with Crippen LogP contribution in [0.3, 0.4) is 0 Å². The van der Waals surface area contributed by atoms with Crippen LogP contribution in [0.1, 0.15) is 12.8 Å². The van der Waals surface area contributed by atoms with Crippen LogP contribution in [0.2, 0.25) is 0 Å². The van der Waals surface area contributed by atoms with Crippen molar-refractivity contribution in [2.75, 3.05) is 6.61 Å². The van der Waals surface area contributed by atoms with Crippen LogP contribution in [0.4, 0.5) is 0 Å². The van der Waals surface area contributed by atoms with E-state index in [1.54, 1.807) is 0 Å². The first-order valence-electron chi connectivity index (χ1n) is 4.63. The third kappa shape index (κ3) is 2.92. The maximum Gasteiger partial charge on any atom is 0.370 e. The van der Waals surface area contributed by atoms with E-state index < -0.39 is 30.9 Å². The van der Waals surface area contributed by atoms with Gasteiger partial charge in [0.15, 0.2) is 0 Å². The molecule has 0 radical (unpaired) electrons. The molecule has 4 N–H and O–H groups in total. The fraction of sp³-hybridized carbons (Fsp3) is 0.667. The van der Waals surface area contributed by atoms with Gasteiger partial charge in [0.25, 0.3) is 0 Å². The van der Waals surface area contributed by atoms with E-state index >= 15 is 0 Å². The summed E-state index contributed by atoms with van der Waals surface area (Å²) in [5, 5.41) is 35.9. The zero-order chi connectivity index (χ0) is 11.4. The molecule has 0 aromatic rings. The Morgan fingerprint density at radius 2 is 2.27 bits per heavy atom. The summed E-state index contributed by atoms with van der Waals surface area (Å²) in [6.45, 7) is -0.590. The van der Waals surface area contributed by atoms with Crippen LogP contribution >= 0.6 is 0 Å². The molecule has 0 bridgehead atoms. The van der Waals surface area contributed by atoms with Gasteiger partial charge in [-0.3, -0.25) is 0 Å². The minimum Gasteiger partial charge on any atom is -0.481 e. The van der Waals surface area contributed by atoms with Gasteiger partial charge < -0.3 is 25.2 Å². The highest BCUT2D eigenvalue weighted by Gasteiger charge is 2.31. The van der Waals surface area contributed by atoms with Crippen LogP contribution < -0.4 is 0 Å². The van der Waals surface area contributed by atoms with E-state index in [1.165, 1.54) is 6.08 Å². The number of carbonyl (C=O) groups is 1. The van der Waals surface area contributed by atoms with E-state index in [-0.39, 0.29) is 5.76 Å². The van der Waals surface area contributed by atoms with Crippen LogP contribution in [0.5, 0.6) is 0 Å². The first-order valence-corrected chi connectivity index (χ1v) is 4.63. The number of carboxylic acid groups (broad SMARTS) is 1. The van der Waals surface area contributed by atoms with Crippen LogP contribution in [-0.4, -0.2) is 51.3 Å². The lowest BCUT2D eigenvalue weighted by atomic mass is 10.0. The molecular formula is C9H14O6. The average Bonchev–Trinajstić information content (AvgIpc) is 2.27. The van der Waals surface area contributed by atoms with Gasteiger partial charge in [-0.05, 0) is 18.9 Å². The summed E-state index contributed by atoms with van der Waals surface area (Å²) in [6.07, 6.45) is -1.10. The molecule has 1 aliphatic heterocycles. The SMILES string of the molecule is O=C(O)C1=CCCC([C@H](O)[C@H](O)CO)O1. The monoisotopic (exact) mass is 218 g/mol. The normalized spacial score (nSPS) is 25.0. The topological polar surface area (TPSA) is 107 Å². The molecule has 0 aromatic heterocycles. The minimum absolute atomic E-state index is 0.226. The summed E-state index contributed by atoms with van der Waals surface area (Å²) in [5.74, 6) is -1.43. The van der Waals surface area contributed by atoms with Crippen molar-refractivity contribution in [2.24, 2.45) is 0 Å². The van der Waals surface area contributed by atoms with Gasteiger partial charge in [-0.15, -0.1) is 0 Å². The number of hydrogen-bond donors (Lipinski definition) is 4. The van der Waals surface area contributed by atoms with Crippen molar-refractivity contribution in [3.8, 4) is 0 Å². The molecule has 0 saturated carbocycles. The molecule has 1 heterocycles. The molecule has 6 heteroatoms. The minimum atomic E-state index is -1.32. The van der Waals surface area contributed by atoms with E-state index in [0.29, 0.717) is 12.8 Å². The molecule has 0 aromatic carbocycles. The van der Waals surface area contributed by atoms with Crippen LogP contribution in [0.15, 0.2) is 11.8 Å². The standard InChI is InChI=1S/C9H14O6/c10-4-5(11)8(12)6-2-1-3-7(15-6)9(13)14/h3,5-6,8,10-12H,1-2,4H2,(H,13,14)/t5-,6?,8-/m1/s1. The molecule has 1 aliphatic rings. The molecule has 1 unspecified atom stereocenters. The quantitative estimate of drug-likeness (QED) is 0.474. The molecule has 1 rings (SSSR count). The Hall–Kier alpha value is -1.11. The molecule has 0 aliphatic carbocycles. The van der Waals surface area contributed by atoms with Crippen molar-refractivity contribution < 1.29 is 30.0 Å². The molecule has 0 saturated heterocycles. The van der Waals surface area contributed by atoms with Gasteiger partial charge in [-0.1, -0.05) is 0 Å². The number of ether oxygens (including phenoxy) is 1. The Morgan fingerprint density at radius 1 is 1.60 bits per heavy atom. The first kappa shape index (κ1) is 12.0. The highest BCUT2D eigenvalue weighted by molar-refractivity contribution is 5.84. The summed E-state index contributed by atoms with van der Waals surface area (Å²) in [4.78, 5) is 10.6. The van der Waals surface area contributed by atoms with Gasteiger partial charge in [0.1, 0.15) is 18.3 Å². The number of hydrogen-bond acceptors (Lipinski definition) is 5. The molecule has 6 nitrogen and oxygen atoms in total. The van der Waals surface area contributed by atoms with Gasteiger partial charge >= 0.3 is 5.97 Å². The van der Waals surface area contributed by atoms with Crippen LogP contribution in [0.25, 0.3) is 0 Å². The summed E-state index contributed by atoms with van der Waals surface area (Å²) < 4.78 is 4.97. The Kier molecular flexibility index (Phi) is 4.07. The lowest BCUT2D eigenvalue weighted by Gasteiger charge is -2.28. The second-order valence-electron chi connectivity index (χ2n) is 3.35. The van der Waals surface area contributed by atoms with Gasteiger partial charge in [-0.2, -0.15) is 0 Å². The molecule has 86 valence electrons. The number of aliphatic carboxylic acids is 1. The van der Waals surface area contributed by atoms with Crippen molar-refractivity contribution in [2.45, 2.75) is 31.2 Å². The number of aliphatic hydroxyl groups is 3. The highest BCUT2D eigenvalue weighted by atomic mass is 16.5. The maximum atomic E-state index is 10.6. The largest absolute Gasteiger partial charge is 0.481 e. The third-order valence-corrected chi connectivity index (χ3v) is 2.23. The van der Waals surface area contributed by atoms with Gasteiger partial charge in [-0.25, -0.2) is 4.79 Å². The Labute approximate surface area is 86.4 Å². The van der Waals surface area contributed by atoms with Gasteiger partial charge in [0.2, 0.25) is 5.76 Å².